The first kappa shape index (κ1) is 14.2. The molecule has 0 N–H and O–H groups in total. The van der Waals surface area contributed by atoms with Gasteiger partial charge in [-0.2, -0.15) is 0 Å². The summed E-state index contributed by atoms with van der Waals surface area (Å²) in [4.78, 5) is 38.2. The summed E-state index contributed by atoms with van der Waals surface area (Å²) >= 11 is 1.53. The van der Waals surface area contributed by atoms with Gasteiger partial charge in [0.05, 0.1) is 24.7 Å². The van der Waals surface area contributed by atoms with E-state index in [0.717, 1.165) is 0 Å². The van der Waals surface area contributed by atoms with E-state index < -0.39 is 0 Å². The van der Waals surface area contributed by atoms with Crippen molar-refractivity contribution in [1.82, 2.24) is 9.80 Å². The van der Waals surface area contributed by atoms with Crippen molar-refractivity contribution in [1.29, 1.82) is 0 Å². The van der Waals surface area contributed by atoms with Crippen LogP contribution in [0.15, 0.2) is 0 Å². The van der Waals surface area contributed by atoms with Gasteiger partial charge in [-0.3, -0.25) is 14.4 Å². The van der Waals surface area contributed by atoms with Crippen LogP contribution in [0.2, 0.25) is 0 Å². The Morgan fingerprint density at radius 3 is 2.58 bits per heavy atom. The van der Waals surface area contributed by atoms with Crippen molar-refractivity contribution in [2.45, 2.75) is 12.8 Å². The molecule has 0 bridgehead atoms. The first-order valence-electron chi connectivity index (χ1n) is 6.33. The van der Waals surface area contributed by atoms with E-state index in [1.165, 1.54) is 18.9 Å². The lowest BCUT2D eigenvalue weighted by Gasteiger charge is -2.31. The Balaban J connectivity index is 1.79. The van der Waals surface area contributed by atoms with Crippen molar-refractivity contribution in [2.24, 2.45) is 5.92 Å². The zero-order valence-electron chi connectivity index (χ0n) is 11.0. The zero-order valence-corrected chi connectivity index (χ0v) is 11.8. The number of hydrogen-bond acceptors (Lipinski definition) is 5. The molecule has 106 valence electrons. The fourth-order valence-corrected chi connectivity index (χ4v) is 3.24. The molecule has 0 aliphatic carbocycles. The summed E-state index contributed by atoms with van der Waals surface area (Å²) in [6.45, 7) is 1.29. The molecule has 0 aromatic rings. The highest BCUT2D eigenvalue weighted by atomic mass is 32.2. The van der Waals surface area contributed by atoms with E-state index in [1.807, 2.05) is 0 Å². The third-order valence-corrected chi connectivity index (χ3v) is 4.48. The lowest BCUT2D eigenvalue weighted by molar-refractivity contribution is -0.149. The Morgan fingerprint density at radius 2 is 2.05 bits per heavy atom. The molecule has 0 atom stereocenters. The molecule has 6 nitrogen and oxygen atoms in total. The minimum Gasteiger partial charge on any atom is -0.469 e. The average molecular weight is 286 g/mol. The summed E-state index contributed by atoms with van der Waals surface area (Å²) in [6.07, 6.45) is 1.28. The molecule has 0 radical (unpaired) electrons. The van der Waals surface area contributed by atoms with Gasteiger partial charge >= 0.3 is 5.97 Å². The van der Waals surface area contributed by atoms with Crippen molar-refractivity contribution in [3.05, 3.63) is 0 Å². The largest absolute Gasteiger partial charge is 0.469 e. The Bertz CT molecular complexity index is 380. The SMILES string of the molecule is COC(=O)C1CCN(C(=O)CN2CSCC2=O)CC1. The van der Waals surface area contributed by atoms with E-state index >= 15 is 0 Å². The first-order valence-corrected chi connectivity index (χ1v) is 7.48. The molecular weight excluding hydrogens is 268 g/mol. The normalized spacial score (nSPS) is 20.8. The maximum atomic E-state index is 12.1. The van der Waals surface area contributed by atoms with Crippen LogP contribution in [-0.2, 0) is 19.1 Å². The number of esters is 1. The number of carbonyl (C=O) groups is 3. The lowest BCUT2D eigenvalue weighted by Crippen LogP contribution is -2.45. The number of thioether (sulfide) groups is 1. The molecule has 2 aliphatic rings. The summed E-state index contributed by atoms with van der Waals surface area (Å²) < 4.78 is 4.71. The number of hydrogen-bond donors (Lipinski definition) is 0. The molecule has 0 unspecified atom stereocenters. The van der Waals surface area contributed by atoms with Gasteiger partial charge in [-0.05, 0) is 12.8 Å². The highest BCUT2D eigenvalue weighted by Gasteiger charge is 2.30. The molecule has 7 heteroatoms. The van der Waals surface area contributed by atoms with Crippen LogP contribution < -0.4 is 0 Å². The molecular formula is C12H18N2O4S. The second-order valence-corrected chi connectivity index (χ2v) is 5.70. The maximum Gasteiger partial charge on any atom is 0.308 e. The molecule has 19 heavy (non-hydrogen) atoms. The standard InChI is InChI=1S/C12H18N2O4S/c1-18-12(17)9-2-4-13(5-3-9)10(15)6-14-8-19-7-11(14)16/h9H,2-8H2,1H3. The van der Waals surface area contributed by atoms with Crippen LogP contribution in [0.4, 0.5) is 0 Å². The molecule has 0 aromatic carbocycles. The quantitative estimate of drug-likeness (QED) is 0.680. The van der Waals surface area contributed by atoms with E-state index in [-0.39, 0.29) is 30.2 Å². The smallest absolute Gasteiger partial charge is 0.308 e. The second kappa shape index (κ2) is 6.27. The molecule has 2 aliphatic heterocycles. The number of ether oxygens (including phenoxy) is 1. The van der Waals surface area contributed by atoms with Crippen molar-refractivity contribution in [2.75, 3.05) is 38.4 Å². The molecule has 0 spiro atoms. The molecule has 2 fully saturated rings. The first-order chi connectivity index (χ1) is 9.11. The molecule has 2 rings (SSSR count). The third kappa shape index (κ3) is 3.40. The minimum atomic E-state index is -0.196. The van der Waals surface area contributed by atoms with E-state index in [4.69, 9.17) is 4.74 Å². The van der Waals surface area contributed by atoms with Gasteiger partial charge in [0, 0.05) is 13.1 Å². The van der Waals surface area contributed by atoms with Gasteiger partial charge in [-0.25, -0.2) is 0 Å². The number of likely N-dealkylation sites (tertiary alicyclic amines) is 1. The van der Waals surface area contributed by atoms with Gasteiger partial charge < -0.3 is 14.5 Å². The topological polar surface area (TPSA) is 66.9 Å². The molecule has 0 aromatic heterocycles. The molecule has 2 amide bonds. The number of methoxy groups -OCH3 is 1. The molecule has 0 saturated carbocycles. The number of nitrogens with zero attached hydrogens (tertiary/aromatic N) is 2. The van der Waals surface area contributed by atoms with Crippen molar-refractivity contribution < 1.29 is 19.1 Å². The highest BCUT2D eigenvalue weighted by molar-refractivity contribution is 8.00. The van der Waals surface area contributed by atoms with Crippen LogP contribution in [0.1, 0.15) is 12.8 Å². The van der Waals surface area contributed by atoms with Crippen LogP contribution in [0.3, 0.4) is 0 Å². The average Bonchev–Trinajstić information content (AvgIpc) is 2.83. The Kier molecular flexibility index (Phi) is 4.68. The van der Waals surface area contributed by atoms with Crippen LogP contribution in [0.5, 0.6) is 0 Å². The summed E-state index contributed by atoms with van der Waals surface area (Å²) in [5.41, 5.74) is 0. The van der Waals surface area contributed by atoms with Crippen LogP contribution >= 0.6 is 11.8 Å². The van der Waals surface area contributed by atoms with E-state index in [1.54, 1.807) is 9.80 Å². The van der Waals surface area contributed by atoms with Gasteiger partial charge in [-0.15, -0.1) is 11.8 Å². The van der Waals surface area contributed by atoms with Crippen LogP contribution in [0.25, 0.3) is 0 Å². The van der Waals surface area contributed by atoms with E-state index in [2.05, 4.69) is 0 Å². The van der Waals surface area contributed by atoms with Gasteiger partial charge in [0.2, 0.25) is 11.8 Å². The van der Waals surface area contributed by atoms with Crippen LogP contribution in [-0.4, -0.2) is 66.0 Å². The summed E-state index contributed by atoms with van der Waals surface area (Å²) in [5, 5.41) is 0. The second-order valence-electron chi connectivity index (χ2n) is 4.75. The highest BCUT2D eigenvalue weighted by Crippen LogP contribution is 2.20. The number of piperidine rings is 1. The Labute approximate surface area is 116 Å². The lowest BCUT2D eigenvalue weighted by atomic mass is 9.97. The van der Waals surface area contributed by atoms with Crippen LogP contribution in [0, 0.1) is 5.92 Å². The van der Waals surface area contributed by atoms with Gasteiger partial charge in [0.15, 0.2) is 0 Å². The third-order valence-electron chi connectivity index (χ3n) is 3.53. The Hall–Kier alpha value is -1.24. The van der Waals surface area contributed by atoms with Crippen molar-refractivity contribution in [3.63, 3.8) is 0 Å². The van der Waals surface area contributed by atoms with E-state index in [0.29, 0.717) is 37.6 Å². The van der Waals surface area contributed by atoms with E-state index in [9.17, 15) is 14.4 Å². The minimum absolute atomic E-state index is 0.0286. The fourth-order valence-electron chi connectivity index (χ4n) is 2.33. The molecule has 2 heterocycles. The van der Waals surface area contributed by atoms with Gasteiger partial charge in [0.1, 0.15) is 6.54 Å². The van der Waals surface area contributed by atoms with Gasteiger partial charge in [-0.1, -0.05) is 0 Å². The molecule has 2 saturated heterocycles. The monoisotopic (exact) mass is 286 g/mol. The van der Waals surface area contributed by atoms with Crippen molar-refractivity contribution >= 4 is 29.5 Å². The summed E-state index contributed by atoms with van der Waals surface area (Å²) in [6, 6.07) is 0. The van der Waals surface area contributed by atoms with Gasteiger partial charge in [0.25, 0.3) is 0 Å². The number of carbonyl (C=O) groups excluding carboxylic acids is 3. The predicted octanol–water partition coefficient (Wildman–Crippen LogP) is -0.0691. The maximum absolute atomic E-state index is 12.1. The summed E-state index contributed by atoms with van der Waals surface area (Å²) in [5.74, 6) is 0.777. The Morgan fingerprint density at radius 1 is 1.37 bits per heavy atom. The number of rotatable bonds is 3. The predicted molar refractivity (Wildman–Crippen MR) is 70.4 cm³/mol. The fraction of sp³-hybridized carbons (Fsp3) is 0.750. The number of amides is 2. The van der Waals surface area contributed by atoms with Crippen molar-refractivity contribution in [3.8, 4) is 0 Å². The summed E-state index contributed by atoms with van der Waals surface area (Å²) in [7, 11) is 1.39. The zero-order chi connectivity index (χ0) is 13.8.